The zero-order valence-corrected chi connectivity index (χ0v) is 19.4. The minimum atomic E-state index is -0.602. The van der Waals surface area contributed by atoms with Crippen molar-refractivity contribution in [2.75, 3.05) is 19.0 Å². The number of piperidine rings is 1. The highest BCUT2D eigenvalue weighted by molar-refractivity contribution is 6.10. The van der Waals surface area contributed by atoms with Gasteiger partial charge in [0.15, 0.2) is 0 Å². The molecule has 2 aliphatic rings. The number of carbonyl (C=O) groups excluding carboxylic acids is 3. The lowest BCUT2D eigenvalue weighted by molar-refractivity contribution is -0.127. The van der Waals surface area contributed by atoms with E-state index in [4.69, 9.17) is 4.74 Å². The van der Waals surface area contributed by atoms with Crippen molar-refractivity contribution in [1.29, 1.82) is 0 Å². The molecular weight excluding hydrogens is 418 g/mol. The average Bonchev–Trinajstić information content (AvgIpc) is 2.94. The van der Waals surface area contributed by atoms with E-state index >= 15 is 0 Å². The maximum Gasteiger partial charge on any atom is 0.256 e. The van der Waals surface area contributed by atoms with Crippen LogP contribution in [-0.4, -0.2) is 48.4 Å². The largest absolute Gasteiger partial charge is 0.497 e. The number of methoxy groups -OCH3 is 1. The molecule has 2 atom stereocenters. The first-order chi connectivity index (χ1) is 15.9. The van der Waals surface area contributed by atoms with E-state index in [-0.39, 0.29) is 29.7 Å². The van der Waals surface area contributed by atoms with E-state index in [1.807, 2.05) is 50.2 Å². The van der Waals surface area contributed by atoms with Crippen molar-refractivity contribution in [3.8, 4) is 16.9 Å². The lowest BCUT2D eigenvalue weighted by Crippen LogP contribution is -2.55. The summed E-state index contributed by atoms with van der Waals surface area (Å²) in [6.45, 7) is 4.44. The SMILES string of the molecule is CCC(CC)C(=O)NC1CCN2C(=O)c3cc(-c4ccc(OC)cc4)ccc3NC(=O)C2C1. The van der Waals surface area contributed by atoms with Gasteiger partial charge in [-0.3, -0.25) is 14.4 Å². The van der Waals surface area contributed by atoms with Crippen LogP contribution >= 0.6 is 0 Å². The zero-order chi connectivity index (χ0) is 23.5. The van der Waals surface area contributed by atoms with Gasteiger partial charge in [-0.25, -0.2) is 0 Å². The summed E-state index contributed by atoms with van der Waals surface area (Å²) in [5.41, 5.74) is 2.86. The molecule has 1 saturated heterocycles. The van der Waals surface area contributed by atoms with Gasteiger partial charge in [-0.15, -0.1) is 0 Å². The Morgan fingerprint density at radius 3 is 2.48 bits per heavy atom. The van der Waals surface area contributed by atoms with Crippen LogP contribution in [0.15, 0.2) is 42.5 Å². The Hall–Kier alpha value is -3.35. The molecule has 0 spiro atoms. The van der Waals surface area contributed by atoms with Crippen LogP contribution in [0, 0.1) is 5.92 Å². The smallest absolute Gasteiger partial charge is 0.256 e. The number of amides is 3. The first kappa shape index (κ1) is 22.8. The van der Waals surface area contributed by atoms with Crippen LogP contribution in [0.2, 0.25) is 0 Å². The van der Waals surface area contributed by atoms with Crippen molar-refractivity contribution in [2.24, 2.45) is 5.92 Å². The summed E-state index contributed by atoms with van der Waals surface area (Å²) >= 11 is 0. The van der Waals surface area contributed by atoms with Crippen LogP contribution in [0.3, 0.4) is 0 Å². The minimum absolute atomic E-state index is 0.0201. The number of fused-ring (bicyclic) bond motifs is 2. The van der Waals surface area contributed by atoms with Crippen molar-refractivity contribution in [1.82, 2.24) is 10.2 Å². The second kappa shape index (κ2) is 9.65. The topological polar surface area (TPSA) is 87.7 Å². The maximum atomic E-state index is 13.5. The van der Waals surface area contributed by atoms with E-state index in [9.17, 15) is 14.4 Å². The molecule has 2 aromatic carbocycles. The van der Waals surface area contributed by atoms with E-state index in [2.05, 4.69) is 10.6 Å². The summed E-state index contributed by atoms with van der Waals surface area (Å²) in [7, 11) is 1.62. The van der Waals surface area contributed by atoms with E-state index < -0.39 is 6.04 Å². The summed E-state index contributed by atoms with van der Waals surface area (Å²) in [6.07, 6.45) is 2.63. The second-order valence-electron chi connectivity index (χ2n) is 8.74. The first-order valence-corrected chi connectivity index (χ1v) is 11.7. The lowest BCUT2D eigenvalue weighted by Gasteiger charge is -2.37. The van der Waals surface area contributed by atoms with Gasteiger partial charge in [0, 0.05) is 18.5 Å². The molecule has 3 amide bonds. The number of rotatable bonds is 6. The average molecular weight is 450 g/mol. The summed E-state index contributed by atoms with van der Waals surface area (Å²) in [6, 6.07) is 12.4. The second-order valence-corrected chi connectivity index (χ2v) is 8.74. The third-order valence-electron chi connectivity index (χ3n) is 6.80. The van der Waals surface area contributed by atoms with Crippen molar-refractivity contribution < 1.29 is 19.1 Å². The van der Waals surface area contributed by atoms with Gasteiger partial charge in [0.05, 0.1) is 18.4 Å². The highest BCUT2D eigenvalue weighted by atomic mass is 16.5. The Labute approximate surface area is 194 Å². The molecule has 0 aliphatic carbocycles. The van der Waals surface area contributed by atoms with Crippen LogP contribution in [0.5, 0.6) is 5.75 Å². The number of hydrogen-bond acceptors (Lipinski definition) is 4. The fraction of sp³-hybridized carbons (Fsp3) is 0.423. The summed E-state index contributed by atoms with van der Waals surface area (Å²) < 4.78 is 5.22. The Morgan fingerprint density at radius 1 is 1.12 bits per heavy atom. The van der Waals surface area contributed by atoms with Crippen LogP contribution < -0.4 is 15.4 Å². The third kappa shape index (κ3) is 4.58. The lowest BCUT2D eigenvalue weighted by atomic mass is 9.94. The van der Waals surface area contributed by atoms with E-state index in [0.29, 0.717) is 30.6 Å². The number of carbonyl (C=O) groups is 3. The fourth-order valence-corrected chi connectivity index (χ4v) is 4.73. The molecule has 2 heterocycles. The van der Waals surface area contributed by atoms with Crippen molar-refractivity contribution in [2.45, 2.75) is 51.6 Å². The molecule has 1 fully saturated rings. The van der Waals surface area contributed by atoms with Crippen LogP contribution in [0.4, 0.5) is 5.69 Å². The van der Waals surface area contributed by atoms with Crippen LogP contribution in [-0.2, 0) is 9.59 Å². The van der Waals surface area contributed by atoms with E-state index in [1.165, 1.54) is 0 Å². The number of ether oxygens (including phenoxy) is 1. The predicted molar refractivity (Wildman–Crippen MR) is 127 cm³/mol. The number of hydrogen-bond donors (Lipinski definition) is 2. The summed E-state index contributed by atoms with van der Waals surface area (Å²) in [5, 5.41) is 6.04. The van der Waals surface area contributed by atoms with Crippen molar-refractivity contribution >= 4 is 23.4 Å². The van der Waals surface area contributed by atoms with Gasteiger partial charge in [-0.1, -0.05) is 32.0 Å². The quantitative estimate of drug-likeness (QED) is 0.701. The molecule has 4 rings (SSSR count). The summed E-state index contributed by atoms with van der Waals surface area (Å²) in [4.78, 5) is 40.7. The normalized spacial score (nSPS) is 19.9. The standard InChI is InChI=1S/C26H31N3O4/c1-4-16(5-2)24(30)27-19-12-13-29-23(15-19)25(31)28-22-11-8-18(14-21(22)26(29)32)17-6-9-20(33-3)10-7-17/h6-11,14,16,19,23H,4-5,12-13,15H2,1-3H3,(H,27,30)(H,28,31). The van der Waals surface area contributed by atoms with Crippen LogP contribution in [0.25, 0.3) is 11.1 Å². The van der Waals surface area contributed by atoms with Gasteiger partial charge in [0.2, 0.25) is 11.8 Å². The first-order valence-electron chi connectivity index (χ1n) is 11.7. The predicted octanol–water partition coefficient (Wildman–Crippen LogP) is 3.84. The molecule has 0 radical (unpaired) electrons. The van der Waals surface area contributed by atoms with Crippen molar-refractivity contribution in [3.05, 3.63) is 48.0 Å². The molecule has 0 saturated carbocycles. The fourth-order valence-electron chi connectivity index (χ4n) is 4.73. The van der Waals surface area contributed by atoms with Gasteiger partial charge in [-0.05, 0) is 61.1 Å². The summed E-state index contributed by atoms with van der Waals surface area (Å²) in [5.74, 6) is 0.410. The Morgan fingerprint density at radius 2 is 1.82 bits per heavy atom. The van der Waals surface area contributed by atoms with E-state index in [1.54, 1.807) is 18.1 Å². The molecule has 2 N–H and O–H groups in total. The van der Waals surface area contributed by atoms with Gasteiger partial charge in [0.1, 0.15) is 11.8 Å². The molecule has 174 valence electrons. The number of anilines is 1. The Bertz CT molecular complexity index is 1050. The molecule has 2 aliphatic heterocycles. The highest BCUT2D eigenvalue weighted by Crippen LogP contribution is 2.32. The Balaban J connectivity index is 1.55. The molecule has 0 bridgehead atoms. The van der Waals surface area contributed by atoms with Crippen LogP contribution in [0.1, 0.15) is 49.9 Å². The van der Waals surface area contributed by atoms with Gasteiger partial charge >= 0.3 is 0 Å². The molecule has 0 aromatic heterocycles. The Kier molecular flexibility index (Phi) is 6.67. The molecule has 7 heteroatoms. The number of nitrogens with one attached hydrogen (secondary N) is 2. The zero-order valence-electron chi connectivity index (χ0n) is 19.4. The molecule has 7 nitrogen and oxygen atoms in total. The van der Waals surface area contributed by atoms with E-state index in [0.717, 1.165) is 29.7 Å². The third-order valence-corrected chi connectivity index (χ3v) is 6.80. The minimum Gasteiger partial charge on any atom is -0.497 e. The molecular formula is C26H31N3O4. The molecule has 2 aromatic rings. The maximum absolute atomic E-state index is 13.5. The molecule has 2 unspecified atom stereocenters. The van der Waals surface area contributed by atoms with Gasteiger partial charge < -0.3 is 20.3 Å². The van der Waals surface area contributed by atoms with Gasteiger partial charge in [0.25, 0.3) is 5.91 Å². The van der Waals surface area contributed by atoms with Gasteiger partial charge in [-0.2, -0.15) is 0 Å². The number of benzene rings is 2. The number of nitrogens with zero attached hydrogens (tertiary/aromatic N) is 1. The molecule has 33 heavy (non-hydrogen) atoms. The monoisotopic (exact) mass is 449 g/mol. The van der Waals surface area contributed by atoms with Crippen molar-refractivity contribution in [3.63, 3.8) is 0 Å². The highest BCUT2D eigenvalue weighted by Gasteiger charge is 2.40.